The second kappa shape index (κ2) is 10.6. The SMILES string of the molecule is CCNC(=O)CN(CC)C(=O)c1ccc(-n2nc(C)c(CCC(=O)OC)c2C)cc1. The summed E-state index contributed by atoms with van der Waals surface area (Å²) in [7, 11) is 1.38. The Morgan fingerprint density at radius 3 is 2.37 bits per heavy atom. The highest BCUT2D eigenvalue weighted by Gasteiger charge is 2.18. The van der Waals surface area contributed by atoms with E-state index in [9.17, 15) is 14.4 Å². The lowest BCUT2D eigenvalue weighted by atomic mass is 10.1. The first-order valence-corrected chi connectivity index (χ1v) is 10.1. The molecule has 1 aromatic heterocycles. The smallest absolute Gasteiger partial charge is 0.305 e. The molecule has 2 amide bonds. The van der Waals surface area contributed by atoms with Crippen LogP contribution in [-0.2, 0) is 20.7 Å². The molecule has 1 aromatic carbocycles. The van der Waals surface area contributed by atoms with Crippen LogP contribution in [0.3, 0.4) is 0 Å². The molecular weight excluding hydrogens is 384 g/mol. The third kappa shape index (κ3) is 5.46. The van der Waals surface area contributed by atoms with Gasteiger partial charge in [0.05, 0.1) is 25.0 Å². The third-order valence-electron chi connectivity index (χ3n) is 4.98. The maximum absolute atomic E-state index is 12.7. The number of nitrogens with zero attached hydrogens (tertiary/aromatic N) is 3. The van der Waals surface area contributed by atoms with E-state index in [0.717, 1.165) is 22.6 Å². The molecule has 8 nitrogen and oxygen atoms in total. The van der Waals surface area contributed by atoms with Gasteiger partial charge in [0.15, 0.2) is 0 Å². The van der Waals surface area contributed by atoms with Crippen LogP contribution in [0.5, 0.6) is 0 Å². The highest BCUT2D eigenvalue weighted by Crippen LogP contribution is 2.20. The summed E-state index contributed by atoms with van der Waals surface area (Å²) < 4.78 is 6.53. The molecule has 0 aliphatic rings. The number of methoxy groups -OCH3 is 1. The van der Waals surface area contributed by atoms with E-state index in [1.165, 1.54) is 12.0 Å². The Bertz CT molecular complexity index is 903. The van der Waals surface area contributed by atoms with E-state index in [4.69, 9.17) is 4.74 Å². The van der Waals surface area contributed by atoms with Crippen LogP contribution in [0.25, 0.3) is 5.69 Å². The lowest BCUT2D eigenvalue weighted by molar-refractivity contribution is -0.140. The average molecular weight is 415 g/mol. The minimum Gasteiger partial charge on any atom is -0.469 e. The van der Waals surface area contributed by atoms with E-state index in [2.05, 4.69) is 10.4 Å². The summed E-state index contributed by atoms with van der Waals surface area (Å²) in [5.41, 5.74) is 4.15. The number of likely N-dealkylation sites (N-methyl/N-ethyl adjacent to an activating group) is 2. The van der Waals surface area contributed by atoms with Gasteiger partial charge in [-0.3, -0.25) is 14.4 Å². The monoisotopic (exact) mass is 414 g/mol. The Morgan fingerprint density at radius 2 is 1.80 bits per heavy atom. The highest BCUT2D eigenvalue weighted by molar-refractivity contribution is 5.96. The quantitative estimate of drug-likeness (QED) is 0.635. The lowest BCUT2D eigenvalue weighted by Gasteiger charge is -2.20. The summed E-state index contributed by atoms with van der Waals surface area (Å²) in [5.74, 6) is -0.619. The van der Waals surface area contributed by atoms with Crippen molar-refractivity contribution in [3.63, 3.8) is 0 Å². The van der Waals surface area contributed by atoms with Crippen LogP contribution in [0, 0.1) is 13.8 Å². The van der Waals surface area contributed by atoms with Crippen molar-refractivity contribution in [1.82, 2.24) is 20.0 Å². The van der Waals surface area contributed by atoms with Gasteiger partial charge in [0, 0.05) is 30.8 Å². The molecule has 0 bridgehead atoms. The first kappa shape index (κ1) is 23.1. The van der Waals surface area contributed by atoms with Crippen molar-refractivity contribution in [3.8, 4) is 5.69 Å². The molecule has 8 heteroatoms. The van der Waals surface area contributed by atoms with Crippen LogP contribution in [0.2, 0.25) is 0 Å². The molecule has 0 spiro atoms. The molecular formula is C22H30N4O4. The van der Waals surface area contributed by atoms with Crippen molar-refractivity contribution in [2.24, 2.45) is 0 Å². The molecule has 0 aliphatic heterocycles. The predicted molar refractivity (Wildman–Crippen MR) is 114 cm³/mol. The lowest BCUT2D eigenvalue weighted by Crippen LogP contribution is -2.40. The number of nitrogens with one attached hydrogen (secondary N) is 1. The molecule has 0 radical (unpaired) electrons. The maximum Gasteiger partial charge on any atom is 0.305 e. The fraction of sp³-hybridized carbons (Fsp3) is 0.455. The van der Waals surface area contributed by atoms with Crippen molar-refractivity contribution >= 4 is 17.8 Å². The number of carbonyl (C=O) groups excluding carboxylic acids is 3. The van der Waals surface area contributed by atoms with Crippen LogP contribution in [-0.4, -0.2) is 59.2 Å². The minimum absolute atomic E-state index is 0.0337. The molecule has 1 N–H and O–H groups in total. The number of ether oxygens (including phenoxy) is 1. The van der Waals surface area contributed by atoms with Crippen molar-refractivity contribution < 1.29 is 19.1 Å². The molecule has 2 aromatic rings. The Hall–Kier alpha value is -3.16. The summed E-state index contributed by atoms with van der Waals surface area (Å²) in [5, 5.41) is 7.29. The van der Waals surface area contributed by atoms with Gasteiger partial charge in [-0.15, -0.1) is 0 Å². The Morgan fingerprint density at radius 1 is 1.13 bits per heavy atom. The second-order valence-electron chi connectivity index (χ2n) is 6.96. The van der Waals surface area contributed by atoms with Crippen molar-refractivity contribution in [2.75, 3.05) is 26.7 Å². The number of hydrogen-bond acceptors (Lipinski definition) is 5. The largest absolute Gasteiger partial charge is 0.469 e. The molecule has 162 valence electrons. The van der Waals surface area contributed by atoms with Gasteiger partial charge in [-0.05, 0) is 63.9 Å². The number of benzene rings is 1. The van der Waals surface area contributed by atoms with Crippen LogP contribution in [0.1, 0.15) is 47.6 Å². The van der Waals surface area contributed by atoms with Gasteiger partial charge < -0.3 is 15.0 Å². The van der Waals surface area contributed by atoms with Gasteiger partial charge in [0.1, 0.15) is 0 Å². The predicted octanol–water partition coefficient (Wildman–Crippen LogP) is 2.19. The molecule has 1 heterocycles. The summed E-state index contributed by atoms with van der Waals surface area (Å²) in [4.78, 5) is 37.5. The first-order valence-electron chi connectivity index (χ1n) is 10.1. The van der Waals surface area contributed by atoms with E-state index in [-0.39, 0.29) is 24.3 Å². The molecule has 0 aliphatic carbocycles. The number of rotatable bonds is 9. The molecule has 0 unspecified atom stereocenters. The Labute approximate surface area is 177 Å². The number of aryl methyl sites for hydroxylation is 1. The standard InChI is InChI=1S/C22H30N4O4/c1-6-23-20(27)14-25(7-2)22(29)17-8-10-18(11-9-17)26-16(4)19(15(3)24-26)12-13-21(28)30-5/h8-11H,6-7,12-14H2,1-5H3,(H,23,27). The number of carbonyl (C=O) groups is 3. The number of amides is 2. The molecule has 0 saturated carbocycles. The molecule has 30 heavy (non-hydrogen) atoms. The summed E-state index contributed by atoms with van der Waals surface area (Å²) >= 11 is 0. The zero-order valence-electron chi connectivity index (χ0n) is 18.3. The third-order valence-corrected chi connectivity index (χ3v) is 4.98. The first-order chi connectivity index (χ1) is 14.3. The number of esters is 1. The number of aromatic nitrogens is 2. The van der Waals surface area contributed by atoms with Gasteiger partial charge in [-0.25, -0.2) is 4.68 Å². The van der Waals surface area contributed by atoms with Crippen LogP contribution >= 0.6 is 0 Å². The fourth-order valence-corrected chi connectivity index (χ4v) is 3.30. The molecule has 0 atom stereocenters. The molecule has 0 saturated heterocycles. The molecule has 0 fully saturated rings. The van der Waals surface area contributed by atoms with Gasteiger partial charge in [-0.1, -0.05) is 0 Å². The van der Waals surface area contributed by atoms with E-state index in [1.54, 1.807) is 12.1 Å². The minimum atomic E-state index is -0.252. The van der Waals surface area contributed by atoms with E-state index in [0.29, 0.717) is 31.5 Å². The summed E-state index contributed by atoms with van der Waals surface area (Å²) in [6.45, 7) is 8.56. The van der Waals surface area contributed by atoms with Gasteiger partial charge >= 0.3 is 5.97 Å². The Kier molecular flexibility index (Phi) is 8.15. The van der Waals surface area contributed by atoms with Crippen molar-refractivity contribution in [2.45, 2.75) is 40.5 Å². The van der Waals surface area contributed by atoms with Crippen molar-refractivity contribution in [3.05, 3.63) is 46.8 Å². The van der Waals surface area contributed by atoms with Crippen molar-refractivity contribution in [1.29, 1.82) is 0 Å². The van der Waals surface area contributed by atoms with E-state index in [1.807, 2.05) is 44.5 Å². The average Bonchev–Trinajstić information content (AvgIpc) is 3.03. The topological polar surface area (TPSA) is 93.5 Å². The summed E-state index contributed by atoms with van der Waals surface area (Å²) in [6.07, 6.45) is 0.863. The van der Waals surface area contributed by atoms with Crippen LogP contribution in [0.4, 0.5) is 0 Å². The fourth-order valence-electron chi connectivity index (χ4n) is 3.30. The zero-order chi connectivity index (χ0) is 22.3. The van der Waals surface area contributed by atoms with Gasteiger partial charge in [0.25, 0.3) is 5.91 Å². The zero-order valence-corrected chi connectivity index (χ0v) is 18.3. The van der Waals surface area contributed by atoms with Crippen LogP contribution in [0.15, 0.2) is 24.3 Å². The highest BCUT2D eigenvalue weighted by atomic mass is 16.5. The second-order valence-corrected chi connectivity index (χ2v) is 6.96. The summed E-state index contributed by atoms with van der Waals surface area (Å²) in [6, 6.07) is 7.14. The van der Waals surface area contributed by atoms with E-state index >= 15 is 0 Å². The number of hydrogen-bond donors (Lipinski definition) is 1. The maximum atomic E-state index is 12.7. The normalized spacial score (nSPS) is 10.6. The van der Waals surface area contributed by atoms with E-state index < -0.39 is 0 Å². The Balaban J connectivity index is 2.18. The van der Waals surface area contributed by atoms with Gasteiger partial charge in [0.2, 0.25) is 5.91 Å². The van der Waals surface area contributed by atoms with Crippen LogP contribution < -0.4 is 5.32 Å². The molecule has 2 rings (SSSR count). The van der Waals surface area contributed by atoms with Gasteiger partial charge in [-0.2, -0.15) is 5.10 Å².